The van der Waals surface area contributed by atoms with Crippen molar-refractivity contribution in [1.29, 1.82) is 10.5 Å². The molecular formula is C40H28N4. The summed E-state index contributed by atoms with van der Waals surface area (Å²) >= 11 is 0. The normalized spacial score (nSPS) is 11.9. The molecule has 0 fully saturated rings. The van der Waals surface area contributed by atoms with E-state index < -0.39 is 0 Å². The van der Waals surface area contributed by atoms with Gasteiger partial charge in [-0.2, -0.15) is 10.5 Å². The molecule has 0 atom stereocenters. The minimum absolute atomic E-state index is 0.0246. The Balaban J connectivity index is 1.55. The number of hydrogen-bond donors (Lipinski definition) is 0. The monoisotopic (exact) mass is 564 g/mol. The smallest absolute Gasteiger partial charge is 0.104 e. The number of aromatic nitrogens is 2. The summed E-state index contributed by atoms with van der Waals surface area (Å²) in [5, 5.41) is 28.2. The van der Waals surface area contributed by atoms with Crippen LogP contribution in [0, 0.1) is 22.7 Å². The van der Waals surface area contributed by atoms with E-state index in [1.807, 2.05) is 36.4 Å². The second-order valence-corrected chi connectivity index (χ2v) is 12.4. The van der Waals surface area contributed by atoms with Crippen LogP contribution >= 0.6 is 0 Å². The lowest BCUT2D eigenvalue weighted by molar-refractivity contribution is 0.591. The number of fused-ring (bicyclic) bond motifs is 8. The van der Waals surface area contributed by atoms with Gasteiger partial charge in [-0.25, -0.2) is 0 Å². The minimum Gasteiger partial charge on any atom is -0.308 e. The van der Waals surface area contributed by atoms with E-state index in [9.17, 15) is 10.5 Å². The Bertz CT molecular complexity index is 2500. The van der Waals surface area contributed by atoms with Gasteiger partial charge in [-0.05, 0) is 64.2 Å². The highest BCUT2D eigenvalue weighted by atomic mass is 15.0. The molecule has 8 aromatic rings. The Morgan fingerprint density at radius 3 is 1.82 bits per heavy atom. The van der Waals surface area contributed by atoms with Crippen molar-refractivity contribution < 1.29 is 0 Å². The van der Waals surface area contributed by atoms with Gasteiger partial charge < -0.3 is 9.13 Å². The Morgan fingerprint density at radius 1 is 0.545 bits per heavy atom. The predicted molar refractivity (Wildman–Crippen MR) is 181 cm³/mol. The summed E-state index contributed by atoms with van der Waals surface area (Å²) < 4.78 is 4.30. The summed E-state index contributed by atoms with van der Waals surface area (Å²) in [6, 6.07) is 44.6. The van der Waals surface area contributed by atoms with E-state index in [2.05, 4.69) is 121 Å². The zero-order valence-corrected chi connectivity index (χ0v) is 24.8. The van der Waals surface area contributed by atoms with E-state index >= 15 is 0 Å². The second kappa shape index (κ2) is 9.33. The molecule has 8 rings (SSSR count). The number of rotatable bonds is 2. The summed E-state index contributed by atoms with van der Waals surface area (Å²) in [7, 11) is 0. The van der Waals surface area contributed by atoms with Crippen molar-refractivity contribution in [2.75, 3.05) is 0 Å². The van der Waals surface area contributed by atoms with Crippen LogP contribution in [0.3, 0.4) is 0 Å². The molecule has 208 valence electrons. The van der Waals surface area contributed by atoms with Crippen LogP contribution in [0.15, 0.2) is 115 Å². The van der Waals surface area contributed by atoms with Crippen molar-refractivity contribution in [2.24, 2.45) is 0 Å². The van der Waals surface area contributed by atoms with Gasteiger partial charge in [0.1, 0.15) is 17.7 Å². The third-order valence-electron chi connectivity index (χ3n) is 8.95. The highest BCUT2D eigenvalue weighted by molar-refractivity contribution is 6.21. The summed E-state index contributed by atoms with van der Waals surface area (Å²) in [6.07, 6.45) is 0. The molecule has 4 nitrogen and oxygen atoms in total. The maximum Gasteiger partial charge on any atom is 0.104 e. The lowest BCUT2D eigenvalue weighted by Gasteiger charge is -2.19. The number of benzene rings is 6. The molecule has 0 aliphatic rings. The highest BCUT2D eigenvalue weighted by Crippen LogP contribution is 2.41. The standard InChI is InChI=1S/C40H28N4/c1-40(2,3)27-18-21-35-31(22-27)38-28-11-5-4-10-25(28)16-20-37(38)43(35)36-19-17-26(23-41)39(32(36)24-42)44-33-14-8-6-12-29(33)30-13-7-9-15-34(30)44/h4-22H,1-3H3. The zero-order chi connectivity index (χ0) is 30.2. The van der Waals surface area contributed by atoms with Gasteiger partial charge in [0.05, 0.1) is 39.0 Å². The van der Waals surface area contributed by atoms with Gasteiger partial charge in [0.2, 0.25) is 0 Å². The molecule has 0 aliphatic carbocycles. The predicted octanol–water partition coefficient (Wildman–Crippen LogP) is 10.1. The molecule has 44 heavy (non-hydrogen) atoms. The minimum atomic E-state index is -0.0246. The van der Waals surface area contributed by atoms with Crippen molar-refractivity contribution in [2.45, 2.75) is 26.2 Å². The third kappa shape index (κ3) is 3.55. The van der Waals surface area contributed by atoms with E-state index in [1.165, 1.54) is 16.3 Å². The average Bonchev–Trinajstić information content (AvgIpc) is 3.56. The first-order valence-corrected chi connectivity index (χ1v) is 14.8. The van der Waals surface area contributed by atoms with Crippen molar-refractivity contribution in [1.82, 2.24) is 9.13 Å². The van der Waals surface area contributed by atoms with Crippen LogP contribution < -0.4 is 0 Å². The van der Waals surface area contributed by atoms with Crippen LogP contribution in [-0.4, -0.2) is 9.13 Å². The molecular weight excluding hydrogens is 536 g/mol. The molecule has 6 aromatic carbocycles. The summed E-state index contributed by atoms with van der Waals surface area (Å²) in [5.74, 6) is 0. The van der Waals surface area contributed by atoms with Crippen molar-refractivity contribution in [3.05, 3.63) is 132 Å². The first kappa shape index (κ1) is 25.8. The van der Waals surface area contributed by atoms with Crippen LogP contribution in [0.25, 0.3) is 65.8 Å². The molecule has 0 radical (unpaired) electrons. The Labute approximate surface area is 255 Å². The largest absolute Gasteiger partial charge is 0.308 e. The zero-order valence-electron chi connectivity index (χ0n) is 24.8. The van der Waals surface area contributed by atoms with E-state index in [4.69, 9.17) is 0 Å². The Hall–Kier alpha value is -5.84. The van der Waals surface area contributed by atoms with Crippen LogP contribution in [0.5, 0.6) is 0 Å². The van der Waals surface area contributed by atoms with E-state index in [0.29, 0.717) is 16.8 Å². The van der Waals surface area contributed by atoms with Crippen molar-refractivity contribution in [3.8, 4) is 23.5 Å². The van der Waals surface area contributed by atoms with Gasteiger partial charge in [0.25, 0.3) is 0 Å². The van der Waals surface area contributed by atoms with Gasteiger partial charge in [0.15, 0.2) is 0 Å². The van der Waals surface area contributed by atoms with Gasteiger partial charge >= 0.3 is 0 Å². The molecule has 2 aromatic heterocycles. The molecule has 0 N–H and O–H groups in total. The topological polar surface area (TPSA) is 57.4 Å². The fourth-order valence-electron chi connectivity index (χ4n) is 6.88. The lowest BCUT2D eigenvalue weighted by atomic mass is 9.86. The second-order valence-electron chi connectivity index (χ2n) is 12.4. The number of nitriles is 2. The average molecular weight is 565 g/mol. The van der Waals surface area contributed by atoms with Gasteiger partial charge in [-0.1, -0.05) is 93.6 Å². The SMILES string of the molecule is CC(C)(C)c1ccc2c(c1)c1c3ccccc3ccc1n2-c1ccc(C#N)c(-n2c3ccccc3c3ccccc32)c1C#N. The maximum absolute atomic E-state index is 10.9. The number of nitrogens with zero attached hydrogens (tertiary/aromatic N) is 4. The first-order chi connectivity index (χ1) is 21.4. The summed E-state index contributed by atoms with van der Waals surface area (Å²) in [4.78, 5) is 0. The summed E-state index contributed by atoms with van der Waals surface area (Å²) in [5.41, 5.74) is 7.47. The maximum atomic E-state index is 10.9. The van der Waals surface area contributed by atoms with Crippen molar-refractivity contribution >= 4 is 54.4 Å². The highest BCUT2D eigenvalue weighted by Gasteiger charge is 2.24. The van der Waals surface area contributed by atoms with Crippen LogP contribution in [0.1, 0.15) is 37.5 Å². The van der Waals surface area contributed by atoms with Gasteiger partial charge in [-0.3, -0.25) is 0 Å². The number of hydrogen-bond acceptors (Lipinski definition) is 2. The lowest BCUT2D eigenvalue weighted by Crippen LogP contribution is -2.10. The van der Waals surface area contributed by atoms with E-state index in [1.54, 1.807) is 0 Å². The molecule has 0 bridgehead atoms. The molecule has 2 heterocycles. The van der Waals surface area contributed by atoms with Gasteiger partial charge in [-0.15, -0.1) is 0 Å². The number of para-hydroxylation sites is 2. The summed E-state index contributed by atoms with van der Waals surface area (Å²) in [6.45, 7) is 6.70. The van der Waals surface area contributed by atoms with Crippen LogP contribution in [0.4, 0.5) is 0 Å². The molecule has 4 heteroatoms. The van der Waals surface area contributed by atoms with Crippen molar-refractivity contribution in [3.63, 3.8) is 0 Å². The molecule has 0 unspecified atom stereocenters. The van der Waals surface area contributed by atoms with Crippen LogP contribution in [-0.2, 0) is 5.41 Å². The Morgan fingerprint density at radius 2 is 1.16 bits per heavy atom. The molecule has 0 aliphatic heterocycles. The Kier molecular flexibility index (Phi) is 5.48. The van der Waals surface area contributed by atoms with E-state index in [-0.39, 0.29) is 5.41 Å². The molecule has 0 spiro atoms. The first-order valence-electron chi connectivity index (χ1n) is 14.8. The third-order valence-corrected chi connectivity index (χ3v) is 8.95. The molecule has 0 saturated carbocycles. The fraction of sp³-hybridized carbons (Fsp3) is 0.100. The van der Waals surface area contributed by atoms with Gasteiger partial charge in [0, 0.05) is 21.5 Å². The quantitative estimate of drug-likeness (QED) is 0.210. The molecule has 0 saturated heterocycles. The fourth-order valence-corrected chi connectivity index (χ4v) is 6.88. The van der Waals surface area contributed by atoms with E-state index in [0.717, 1.165) is 49.3 Å². The van der Waals surface area contributed by atoms with Crippen LogP contribution in [0.2, 0.25) is 0 Å². The molecule has 0 amide bonds.